The van der Waals surface area contributed by atoms with Crippen LogP contribution in [0.4, 0.5) is 14.9 Å². The SMILES string of the molecule is O=C(CCCNC(=O)OCC1c2ccccc2-c2ccccc21)Nc1ccc(C(=O)O)cc1F. The van der Waals surface area contributed by atoms with Crippen LogP contribution < -0.4 is 10.6 Å². The number of carboxylic acid groups (broad SMARTS) is 1. The van der Waals surface area contributed by atoms with E-state index in [2.05, 4.69) is 22.8 Å². The Labute approximate surface area is 195 Å². The Morgan fingerprint density at radius 1 is 0.941 bits per heavy atom. The number of anilines is 1. The normalized spacial score (nSPS) is 11.9. The molecule has 3 N–H and O–H groups in total. The number of halogens is 1. The van der Waals surface area contributed by atoms with Gasteiger partial charge in [0.25, 0.3) is 0 Å². The zero-order valence-electron chi connectivity index (χ0n) is 18.2. The first-order valence-electron chi connectivity index (χ1n) is 10.9. The summed E-state index contributed by atoms with van der Waals surface area (Å²) in [5.41, 5.74) is 4.23. The van der Waals surface area contributed by atoms with E-state index in [9.17, 15) is 18.8 Å². The van der Waals surface area contributed by atoms with Gasteiger partial charge in [0.2, 0.25) is 5.91 Å². The van der Waals surface area contributed by atoms with Gasteiger partial charge in [-0.1, -0.05) is 48.5 Å². The number of carbonyl (C=O) groups is 3. The maximum Gasteiger partial charge on any atom is 0.407 e. The second-order valence-corrected chi connectivity index (χ2v) is 7.90. The van der Waals surface area contributed by atoms with Gasteiger partial charge in [-0.3, -0.25) is 4.79 Å². The fourth-order valence-corrected chi connectivity index (χ4v) is 4.05. The van der Waals surface area contributed by atoms with Crippen molar-refractivity contribution in [1.29, 1.82) is 0 Å². The smallest absolute Gasteiger partial charge is 0.407 e. The van der Waals surface area contributed by atoms with E-state index in [4.69, 9.17) is 9.84 Å². The number of hydrogen-bond acceptors (Lipinski definition) is 4. The van der Waals surface area contributed by atoms with Crippen LogP contribution in [-0.4, -0.2) is 36.2 Å². The first kappa shape index (κ1) is 23.0. The van der Waals surface area contributed by atoms with Crippen LogP contribution in [0.5, 0.6) is 0 Å². The van der Waals surface area contributed by atoms with Gasteiger partial charge in [-0.2, -0.15) is 0 Å². The number of alkyl carbamates (subject to hydrolysis) is 1. The van der Waals surface area contributed by atoms with Gasteiger partial charge in [0.1, 0.15) is 12.4 Å². The molecule has 7 nitrogen and oxygen atoms in total. The van der Waals surface area contributed by atoms with Crippen molar-refractivity contribution in [3.8, 4) is 11.1 Å². The van der Waals surface area contributed by atoms with Gasteiger partial charge in [-0.15, -0.1) is 0 Å². The van der Waals surface area contributed by atoms with Gasteiger partial charge in [-0.25, -0.2) is 14.0 Å². The van der Waals surface area contributed by atoms with E-state index in [-0.39, 0.29) is 36.7 Å². The molecule has 174 valence electrons. The molecule has 0 heterocycles. The van der Waals surface area contributed by atoms with Gasteiger partial charge in [0.15, 0.2) is 0 Å². The Kier molecular flexibility index (Phi) is 6.87. The summed E-state index contributed by atoms with van der Waals surface area (Å²) in [7, 11) is 0. The third-order valence-corrected chi connectivity index (χ3v) is 5.68. The number of hydrogen-bond donors (Lipinski definition) is 3. The number of nitrogens with one attached hydrogen (secondary N) is 2. The Hall–Kier alpha value is -4.20. The molecule has 8 heteroatoms. The van der Waals surface area contributed by atoms with Gasteiger partial charge in [0.05, 0.1) is 11.3 Å². The first-order chi connectivity index (χ1) is 16.4. The lowest BCUT2D eigenvalue weighted by atomic mass is 9.98. The van der Waals surface area contributed by atoms with E-state index >= 15 is 0 Å². The van der Waals surface area contributed by atoms with Crippen LogP contribution in [0.1, 0.15) is 40.2 Å². The maximum atomic E-state index is 13.9. The molecule has 0 spiro atoms. The maximum absolute atomic E-state index is 13.9. The van der Waals surface area contributed by atoms with E-state index in [0.29, 0.717) is 6.42 Å². The lowest BCUT2D eigenvalue weighted by Gasteiger charge is -2.14. The molecule has 0 radical (unpaired) electrons. The Morgan fingerprint density at radius 2 is 1.59 bits per heavy atom. The minimum absolute atomic E-state index is 0.0358. The van der Waals surface area contributed by atoms with Crippen LogP contribution in [0.3, 0.4) is 0 Å². The van der Waals surface area contributed by atoms with Crippen molar-refractivity contribution in [2.24, 2.45) is 0 Å². The molecule has 0 atom stereocenters. The summed E-state index contributed by atoms with van der Waals surface area (Å²) in [6, 6.07) is 19.4. The number of benzene rings is 3. The average molecular weight is 462 g/mol. The fraction of sp³-hybridized carbons (Fsp3) is 0.192. The van der Waals surface area contributed by atoms with Gasteiger partial charge in [-0.05, 0) is 46.9 Å². The highest BCUT2D eigenvalue weighted by Gasteiger charge is 2.28. The molecule has 3 aromatic rings. The van der Waals surface area contributed by atoms with Crippen molar-refractivity contribution >= 4 is 23.7 Å². The number of fused-ring (bicyclic) bond motifs is 3. The van der Waals surface area contributed by atoms with E-state index < -0.39 is 23.8 Å². The van der Waals surface area contributed by atoms with Crippen molar-refractivity contribution in [1.82, 2.24) is 5.32 Å². The van der Waals surface area contributed by atoms with Gasteiger partial charge in [0, 0.05) is 18.9 Å². The van der Waals surface area contributed by atoms with Crippen molar-refractivity contribution in [2.45, 2.75) is 18.8 Å². The highest BCUT2D eigenvalue weighted by atomic mass is 19.1. The lowest BCUT2D eigenvalue weighted by molar-refractivity contribution is -0.116. The summed E-state index contributed by atoms with van der Waals surface area (Å²) in [4.78, 5) is 35.0. The molecular weight excluding hydrogens is 439 g/mol. The third kappa shape index (κ3) is 5.06. The Bertz CT molecular complexity index is 1200. The highest BCUT2D eigenvalue weighted by Crippen LogP contribution is 2.44. The molecule has 0 aliphatic heterocycles. The molecule has 0 unspecified atom stereocenters. The summed E-state index contributed by atoms with van der Waals surface area (Å²) in [5.74, 6) is -2.57. The molecule has 34 heavy (non-hydrogen) atoms. The summed E-state index contributed by atoms with van der Waals surface area (Å²) in [5, 5.41) is 13.9. The fourth-order valence-electron chi connectivity index (χ4n) is 4.05. The Morgan fingerprint density at radius 3 is 2.21 bits per heavy atom. The van der Waals surface area contributed by atoms with E-state index in [1.54, 1.807) is 0 Å². The van der Waals surface area contributed by atoms with Crippen LogP contribution in [0, 0.1) is 5.82 Å². The van der Waals surface area contributed by atoms with Crippen LogP contribution in [0.15, 0.2) is 66.7 Å². The molecule has 3 aromatic carbocycles. The quantitative estimate of drug-likeness (QED) is 0.418. The molecule has 1 aliphatic carbocycles. The molecule has 0 bridgehead atoms. The van der Waals surface area contributed by atoms with E-state index in [1.165, 1.54) is 12.1 Å². The topological polar surface area (TPSA) is 105 Å². The first-order valence-corrected chi connectivity index (χ1v) is 10.9. The standard InChI is InChI=1S/C26H23FN2O5/c27-22-14-16(25(31)32)11-12-23(22)29-24(30)10-5-13-28-26(33)34-15-21-19-8-3-1-6-17(19)18-7-2-4-9-20(18)21/h1-4,6-9,11-12,14,21H,5,10,13,15H2,(H,28,33)(H,29,30)(H,31,32). The molecule has 0 aromatic heterocycles. The largest absolute Gasteiger partial charge is 0.478 e. The average Bonchev–Trinajstić information content (AvgIpc) is 3.15. The second kappa shape index (κ2) is 10.2. The summed E-state index contributed by atoms with van der Waals surface area (Å²) in [6.45, 7) is 0.413. The molecule has 2 amide bonds. The molecule has 1 aliphatic rings. The van der Waals surface area contributed by atoms with Crippen LogP contribution in [0.25, 0.3) is 11.1 Å². The molecule has 0 fully saturated rings. The molecule has 0 saturated heterocycles. The van der Waals surface area contributed by atoms with Crippen LogP contribution in [0.2, 0.25) is 0 Å². The van der Waals surface area contributed by atoms with Crippen molar-refractivity contribution in [2.75, 3.05) is 18.5 Å². The number of aromatic carboxylic acids is 1. The highest BCUT2D eigenvalue weighted by molar-refractivity contribution is 5.92. The Balaban J connectivity index is 1.21. The predicted molar refractivity (Wildman–Crippen MR) is 124 cm³/mol. The lowest BCUT2D eigenvalue weighted by Crippen LogP contribution is -2.27. The van der Waals surface area contributed by atoms with Crippen molar-refractivity contribution in [3.05, 3.63) is 89.2 Å². The van der Waals surface area contributed by atoms with E-state index in [0.717, 1.165) is 28.3 Å². The van der Waals surface area contributed by atoms with Gasteiger partial charge < -0.3 is 20.5 Å². The van der Waals surface area contributed by atoms with Crippen molar-refractivity contribution in [3.63, 3.8) is 0 Å². The molecule has 0 saturated carbocycles. The number of carboxylic acids is 1. The second-order valence-electron chi connectivity index (χ2n) is 7.90. The number of carbonyl (C=O) groups excluding carboxylic acids is 2. The molecule has 4 rings (SSSR count). The number of amides is 2. The van der Waals surface area contributed by atoms with Crippen molar-refractivity contribution < 1.29 is 28.6 Å². The summed E-state index contributed by atoms with van der Waals surface area (Å²) in [6.07, 6.45) is -0.202. The van der Waals surface area contributed by atoms with Crippen LogP contribution >= 0.6 is 0 Å². The van der Waals surface area contributed by atoms with Gasteiger partial charge >= 0.3 is 12.1 Å². The monoisotopic (exact) mass is 462 g/mol. The van der Waals surface area contributed by atoms with Crippen LogP contribution in [-0.2, 0) is 9.53 Å². The summed E-state index contributed by atoms with van der Waals surface area (Å²) >= 11 is 0. The number of rotatable bonds is 8. The minimum atomic E-state index is -1.25. The predicted octanol–water partition coefficient (Wildman–Crippen LogP) is 4.78. The zero-order valence-corrected chi connectivity index (χ0v) is 18.2. The number of ether oxygens (including phenoxy) is 1. The zero-order chi connectivity index (χ0) is 24.1. The minimum Gasteiger partial charge on any atom is -0.478 e. The van der Waals surface area contributed by atoms with E-state index in [1.807, 2.05) is 36.4 Å². The third-order valence-electron chi connectivity index (χ3n) is 5.68. The summed E-state index contributed by atoms with van der Waals surface area (Å²) < 4.78 is 19.4. The molecular formula is C26H23FN2O5.